The lowest BCUT2D eigenvalue weighted by Gasteiger charge is -2.32. The Kier molecular flexibility index (Phi) is 5.27. The standard InChI is InChI=1S/C18H24N4O2/c1-14-12-17(20-24-14)13-21-8-10-22(11-9-21)15(2)18(23)19-16-6-4-3-5-7-16/h3-7,12,15H,8-11,13H2,1-2H3,(H,19,23)/p+2/t15-/m0/s1. The molecule has 0 bridgehead atoms. The first kappa shape index (κ1) is 16.7. The lowest BCUT2D eigenvalue weighted by molar-refractivity contribution is -1.02. The van der Waals surface area contributed by atoms with Crippen LogP contribution in [0.25, 0.3) is 0 Å². The van der Waals surface area contributed by atoms with Crippen molar-refractivity contribution in [1.29, 1.82) is 0 Å². The molecule has 1 aliphatic heterocycles. The lowest BCUT2D eigenvalue weighted by atomic mass is 10.2. The number of amides is 1. The molecule has 6 nitrogen and oxygen atoms in total. The second-order valence-electron chi connectivity index (χ2n) is 6.59. The Morgan fingerprint density at radius 3 is 2.58 bits per heavy atom. The number of nitrogens with one attached hydrogen (secondary N) is 3. The molecule has 0 aliphatic carbocycles. The molecule has 2 aromatic rings. The summed E-state index contributed by atoms with van der Waals surface area (Å²) < 4.78 is 5.13. The summed E-state index contributed by atoms with van der Waals surface area (Å²) in [7, 11) is 0. The number of para-hydroxylation sites is 1. The number of aromatic nitrogens is 1. The molecule has 128 valence electrons. The third kappa shape index (κ3) is 4.21. The summed E-state index contributed by atoms with van der Waals surface area (Å²) in [6, 6.07) is 11.6. The summed E-state index contributed by atoms with van der Waals surface area (Å²) in [6.07, 6.45) is 0. The average molecular weight is 330 g/mol. The van der Waals surface area contributed by atoms with Crippen LogP contribution in [0.3, 0.4) is 0 Å². The van der Waals surface area contributed by atoms with Crippen LogP contribution < -0.4 is 15.1 Å². The molecule has 1 atom stereocenters. The maximum absolute atomic E-state index is 12.4. The van der Waals surface area contributed by atoms with E-state index in [-0.39, 0.29) is 11.9 Å². The van der Waals surface area contributed by atoms with Gasteiger partial charge in [-0.25, -0.2) is 0 Å². The zero-order chi connectivity index (χ0) is 16.9. The minimum absolute atomic E-state index is 0.0407. The maximum atomic E-state index is 12.4. The van der Waals surface area contributed by atoms with Crippen LogP contribution in [0.4, 0.5) is 5.69 Å². The predicted octanol–water partition coefficient (Wildman–Crippen LogP) is -0.706. The third-order valence-electron chi connectivity index (χ3n) is 4.75. The van der Waals surface area contributed by atoms with E-state index in [2.05, 4.69) is 10.5 Å². The smallest absolute Gasteiger partial charge is 0.282 e. The minimum Gasteiger partial charge on any atom is -0.361 e. The Labute approximate surface area is 142 Å². The van der Waals surface area contributed by atoms with Crippen LogP contribution in [0, 0.1) is 6.92 Å². The van der Waals surface area contributed by atoms with E-state index in [0.717, 1.165) is 49.9 Å². The molecule has 1 aromatic carbocycles. The van der Waals surface area contributed by atoms with Crippen molar-refractivity contribution in [1.82, 2.24) is 5.16 Å². The summed E-state index contributed by atoms with van der Waals surface area (Å²) in [4.78, 5) is 15.3. The number of aryl methyl sites for hydroxylation is 1. The quantitative estimate of drug-likeness (QED) is 0.679. The van der Waals surface area contributed by atoms with Gasteiger partial charge in [0.05, 0.1) is 0 Å². The number of quaternary nitrogens is 2. The molecule has 24 heavy (non-hydrogen) atoms. The predicted molar refractivity (Wildman–Crippen MR) is 90.9 cm³/mol. The monoisotopic (exact) mass is 330 g/mol. The summed E-state index contributed by atoms with van der Waals surface area (Å²) >= 11 is 0. The van der Waals surface area contributed by atoms with Crippen LogP contribution in [-0.4, -0.2) is 43.3 Å². The molecule has 1 fully saturated rings. The zero-order valence-electron chi connectivity index (χ0n) is 14.3. The molecule has 0 spiro atoms. The Balaban J connectivity index is 1.47. The second-order valence-corrected chi connectivity index (χ2v) is 6.59. The highest BCUT2D eigenvalue weighted by atomic mass is 16.5. The molecule has 1 aromatic heterocycles. The first-order valence-corrected chi connectivity index (χ1v) is 8.58. The highest BCUT2D eigenvalue weighted by molar-refractivity contribution is 5.93. The van der Waals surface area contributed by atoms with Crippen LogP contribution in [0.5, 0.6) is 0 Å². The lowest BCUT2D eigenvalue weighted by Crippen LogP contribution is -3.29. The molecule has 0 radical (unpaired) electrons. The fourth-order valence-electron chi connectivity index (χ4n) is 3.25. The summed E-state index contributed by atoms with van der Waals surface area (Å²) in [5.41, 5.74) is 1.88. The maximum Gasteiger partial charge on any atom is 0.282 e. The Morgan fingerprint density at radius 1 is 1.25 bits per heavy atom. The van der Waals surface area contributed by atoms with Crippen LogP contribution in [-0.2, 0) is 11.3 Å². The molecule has 6 heteroatoms. The number of anilines is 1. The summed E-state index contributed by atoms with van der Waals surface area (Å²) in [5, 5.41) is 7.08. The van der Waals surface area contributed by atoms with Gasteiger partial charge in [-0.1, -0.05) is 23.4 Å². The highest BCUT2D eigenvalue weighted by Gasteiger charge is 2.31. The van der Waals surface area contributed by atoms with Gasteiger partial charge in [-0.2, -0.15) is 0 Å². The van der Waals surface area contributed by atoms with E-state index in [9.17, 15) is 4.79 Å². The number of piperazine rings is 1. The van der Waals surface area contributed by atoms with Crippen molar-refractivity contribution in [3.8, 4) is 0 Å². The summed E-state index contributed by atoms with van der Waals surface area (Å²) in [5.74, 6) is 0.951. The van der Waals surface area contributed by atoms with E-state index in [1.807, 2.05) is 50.2 Å². The van der Waals surface area contributed by atoms with Crippen molar-refractivity contribution in [3.05, 3.63) is 47.9 Å². The van der Waals surface area contributed by atoms with E-state index in [4.69, 9.17) is 4.52 Å². The van der Waals surface area contributed by atoms with Gasteiger partial charge < -0.3 is 19.6 Å². The normalized spacial score (nSPS) is 22.1. The SMILES string of the molecule is Cc1cc(C[NH+]2CC[NH+]([C@@H](C)C(=O)Nc3ccccc3)CC2)no1. The van der Waals surface area contributed by atoms with Gasteiger partial charge in [0.2, 0.25) is 0 Å². The second kappa shape index (κ2) is 7.59. The molecule has 2 heterocycles. The van der Waals surface area contributed by atoms with Crippen molar-refractivity contribution in [2.24, 2.45) is 0 Å². The Morgan fingerprint density at radius 2 is 1.96 bits per heavy atom. The number of hydrogen-bond donors (Lipinski definition) is 3. The van der Waals surface area contributed by atoms with Gasteiger partial charge >= 0.3 is 0 Å². The van der Waals surface area contributed by atoms with Crippen LogP contribution in [0.2, 0.25) is 0 Å². The van der Waals surface area contributed by atoms with Gasteiger partial charge in [0.25, 0.3) is 5.91 Å². The minimum atomic E-state index is -0.0407. The largest absolute Gasteiger partial charge is 0.361 e. The van der Waals surface area contributed by atoms with Crippen LogP contribution in [0.1, 0.15) is 18.4 Å². The van der Waals surface area contributed by atoms with E-state index in [1.165, 1.54) is 9.80 Å². The average Bonchev–Trinajstić information content (AvgIpc) is 3.00. The van der Waals surface area contributed by atoms with Gasteiger partial charge in [0.15, 0.2) is 6.04 Å². The molecule has 3 rings (SSSR count). The van der Waals surface area contributed by atoms with Gasteiger partial charge in [-0.3, -0.25) is 4.79 Å². The van der Waals surface area contributed by atoms with E-state index >= 15 is 0 Å². The van der Waals surface area contributed by atoms with Crippen molar-refractivity contribution in [3.63, 3.8) is 0 Å². The number of carbonyl (C=O) groups excluding carboxylic acids is 1. The van der Waals surface area contributed by atoms with E-state index in [1.54, 1.807) is 0 Å². The Hall–Kier alpha value is -2.18. The molecule has 0 saturated carbocycles. The van der Waals surface area contributed by atoms with E-state index < -0.39 is 0 Å². The topological polar surface area (TPSA) is 64.0 Å². The van der Waals surface area contributed by atoms with Crippen molar-refractivity contribution < 1.29 is 19.1 Å². The molecule has 3 N–H and O–H groups in total. The van der Waals surface area contributed by atoms with Gasteiger partial charge in [-0.05, 0) is 26.0 Å². The Bertz CT molecular complexity index is 663. The van der Waals surface area contributed by atoms with Crippen LogP contribution in [0.15, 0.2) is 40.9 Å². The van der Waals surface area contributed by atoms with Crippen molar-refractivity contribution in [2.45, 2.75) is 26.4 Å². The van der Waals surface area contributed by atoms with Gasteiger partial charge in [-0.15, -0.1) is 0 Å². The number of benzene rings is 1. The highest BCUT2D eigenvalue weighted by Crippen LogP contribution is 2.04. The molecule has 1 saturated heterocycles. The van der Waals surface area contributed by atoms with Gasteiger partial charge in [0, 0.05) is 11.8 Å². The van der Waals surface area contributed by atoms with Crippen LogP contribution >= 0.6 is 0 Å². The molecule has 0 unspecified atom stereocenters. The number of nitrogens with zero attached hydrogens (tertiary/aromatic N) is 1. The molecular formula is C18H26N4O2+2. The third-order valence-corrected chi connectivity index (χ3v) is 4.75. The summed E-state index contributed by atoms with van der Waals surface area (Å²) in [6.45, 7) is 8.91. The van der Waals surface area contributed by atoms with E-state index in [0.29, 0.717) is 0 Å². The van der Waals surface area contributed by atoms with Gasteiger partial charge in [0.1, 0.15) is 44.2 Å². The number of rotatable bonds is 5. The van der Waals surface area contributed by atoms with Crippen molar-refractivity contribution >= 4 is 11.6 Å². The zero-order valence-corrected chi connectivity index (χ0v) is 14.3. The number of hydrogen-bond acceptors (Lipinski definition) is 3. The first-order valence-electron chi connectivity index (χ1n) is 8.58. The molecule has 1 amide bonds. The van der Waals surface area contributed by atoms with Crippen molar-refractivity contribution in [2.75, 3.05) is 31.5 Å². The molecule has 1 aliphatic rings. The fraction of sp³-hybridized carbons (Fsp3) is 0.444. The number of carbonyl (C=O) groups is 1. The molecular weight excluding hydrogens is 304 g/mol. The first-order chi connectivity index (χ1) is 11.6. The fourth-order valence-corrected chi connectivity index (χ4v) is 3.25.